The van der Waals surface area contributed by atoms with E-state index >= 15 is 0 Å². The van der Waals surface area contributed by atoms with Gasteiger partial charge in [0, 0.05) is 40.6 Å². The Morgan fingerprint density at radius 3 is 2.63 bits per heavy atom. The molecule has 1 unspecified atom stereocenters. The number of aryl methyl sites for hydroxylation is 2. The molecule has 178 valence electrons. The number of aromatic nitrogens is 4. The van der Waals surface area contributed by atoms with Gasteiger partial charge in [0.05, 0.1) is 11.6 Å². The number of carboxylic acids is 1. The van der Waals surface area contributed by atoms with Crippen LogP contribution in [0.3, 0.4) is 0 Å². The quantitative estimate of drug-likeness (QED) is 0.403. The van der Waals surface area contributed by atoms with Crippen molar-refractivity contribution < 1.29 is 9.90 Å². The Bertz CT molecular complexity index is 1420. The predicted octanol–water partition coefficient (Wildman–Crippen LogP) is 4.87. The highest BCUT2D eigenvalue weighted by atomic mass is 32.1. The zero-order chi connectivity index (χ0) is 24.7. The number of aliphatic imine (C=N–C) groups is 1. The van der Waals surface area contributed by atoms with E-state index in [1.165, 1.54) is 4.88 Å². The molecule has 0 spiro atoms. The molecule has 0 radical (unpaired) electrons. The number of benzene rings is 1. The van der Waals surface area contributed by atoms with Crippen molar-refractivity contribution in [3.05, 3.63) is 87.6 Å². The fourth-order valence-corrected chi connectivity index (χ4v) is 5.48. The van der Waals surface area contributed by atoms with Gasteiger partial charge in [0.15, 0.2) is 5.82 Å². The van der Waals surface area contributed by atoms with Crippen LogP contribution in [0.1, 0.15) is 51.7 Å². The van der Waals surface area contributed by atoms with Crippen molar-refractivity contribution in [2.75, 3.05) is 5.32 Å². The van der Waals surface area contributed by atoms with Crippen LogP contribution in [-0.4, -0.2) is 36.5 Å². The van der Waals surface area contributed by atoms with Gasteiger partial charge in [-0.05, 0) is 57.0 Å². The molecule has 0 saturated carbocycles. The third-order valence-corrected chi connectivity index (χ3v) is 7.62. The van der Waals surface area contributed by atoms with E-state index in [1.807, 2.05) is 54.1 Å². The number of hydrogen-bond acceptors (Lipinski definition) is 7. The van der Waals surface area contributed by atoms with E-state index in [1.54, 1.807) is 24.5 Å². The zero-order valence-corrected chi connectivity index (χ0v) is 20.8. The standard InChI is InChI=1S/C26H26N6O2S/c1-14-16(3)35-25-21(14)23(29-22(15(2)26(33)34)24-31-30-17(4)32(24)25)19-7-9-20(10-8-19)28-13-18-6-5-11-27-12-18/h5-12,15,22,28H,13H2,1-4H3,(H,33,34)/t15?,22-/m0/s1. The number of carboxylic acid groups (broad SMARTS) is 1. The Kier molecular flexibility index (Phi) is 5.94. The van der Waals surface area contributed by atoms with Gasteiger partial charge in [0.1, 0.15) is 16.9 Å². The molecule has 2 N–H and O–H groups in total. The van der Waals surface area contributed by atoms with E-state index in [4.69, 9.17) is 4.99 Å². The molecule has 9 heteroatoms. The van der Waals surface area contributed by atoms with Gasteiger partial charge in [-0.2, -0.15) is 0 Å². The maximum absolute atomic E-state index is 12.0. The van der Waals surface area contributed by atoms with Crippen molar-refractivity contribution in [3.63, 3.8) is 0 Å². The van der Waals surface area contributed by atoms with Gasteiger partial charge in [0.25, 0.3) is 0 Å². The number of thiophene rings is 1. The maximum atomic E-state index is 12.0. The van der Waals surface area contributed by atoms with E-state index in [-0.39, 0.29) is 0 Å². The molecule has 4 heterocycles. The summed E-state index contributed by atoms with van der Waals surface area (Å²) in [5.41, 5.74) is 5.93. The van der Waals surface area contributed by atoms with E-state index in [2.05, 4.69) is 34.3 Å². The van der Waals surface area contributed by atoms with E-state index in [0.29, 0.717) is 12.4 Å². The minimum atomic E-state index is -0.918. The smallest absolute Gasteiger partial charge is 0.308 e. The van der Waals surface area contributed by atoms with Gasteiger partial charge in [-0.3, -0.25) is 19.3 Å². The van der Waals surface area contributed by atoms with Crippen LogP contribution in [0.4, 0.5) is 5.69 Å². The summed E-state index contributed by atoms with van der Waals surface area (Å²) in [7, 11) is 0. The van der Waals surface area contributed by atoms with Crippen molar-refractivity contribution in [1.82, 2.24) is 19.7 Å². The van der Waals surface area contributed by atoms with Crippen molar-refractivity contribution in [3.8, 4) is 5.00 Å². The molecule has 1 aromatic carbocycles. The van der Waals surface area contributed by atoms with E-state index in [0.717, 1.165) is 44.5 Å². The number of aliphatic carboxylic acids is 1. The molecule has 0 aliphatic carbocycles. The Morgan fingerprint density at radius 2 is 1.94 bits per heavy atom. The van der Waals surface area contributed by atoms with Gasteiger partial charge in [-0.1, -0.05) is 18.2 Å². The molecule has 35 heavy (non-hydrogen) atoms. The molecular weight excluding hydrogens is 460 g/mol. The zero-order valence-electron chi connectivity index (χ0n) is 20.0. The van der Waals surface area contributed by atoms with Gasteiger partial charge >= 0.3 is 5.97 Å². The molecule has 1 aliphatic heterocycles. The lowest BCUT2D eigenvalue weighted by molar-refractivity contribution is -0.141. The molecule has 0 saturated heterocycles. The van der Waals surface area contributed by atoms with Crippen molar-refractivity contribution in [1.29, 1.82) is 0 Å². The first-order valence-corrected chi connectivity index (χ1v) is 12.2. The summed E-state index contributed by atoms with van der Waals surface area (Å²) in [6.07, 6.45) is 3.60. The Balaban J connectivity index is 1.58. The summed E-state index contributed by atoms with van der Waals surface area (Å²) in [5.74, 6) is -0.400. The van der Waals surface area contributed by atoms with Crippen LogP contribution in [0.15, 0.2) is 53.8 Å². The molecule has 0 bridgehead atoms. The summed E-state index contributed by atoms with van der Waals surface area (Å²) in [4.78, 5) is 22.4. The molecular formula is C26H26N6O2S. The van der Waals surface area contributed by atoms with Gasteiger partial charge in [-0.15, -0.1) is 21.5 Å². The second-order valence-corrected chi connectivity index (χ2v) is 9.95. The first kappa shape index (κ1) is 22.9. The number of rotatable bonds is 6. The normalized spacial score (nSPS) is 15.5. The van der Waals surface area contributed by atoms with Crippen molar-refractivity contribution in [2.24, 2.45) is 10.9 Å². The number of carbonyl (C=O) groups is 1. The molecule has 5 rings (SSSR count). The SMILES string of the molecule is Cc1sc2c(c1C)C(c1ccc(NCc3cccnc3)cc1)=N[C@@H](C(C)C(=O)O)c1nnc(C)n1-2. The lowest BCUT2D eigenvalue weighted by Crippen LogP contribution is -2.21. The fourth-order valence-electron chi connectivity index (χ4n) is 4.27. The summed E-state index contributed by atoms with van der Waals surface area (Å²) in [6, 6.07) is 11.4. The first-order chi connectivity index (χ1) is 16.8. The van der Waals surface area contributed by atoms with Crippen LogP contribution in [0.25, 0.3) is 5.00 Å². The number of nitrogens with zero attached hydrogens (tertiary/aromatic N) is 5. The number of nitrogens with one attached hydrogen (secondary N) is 1. The van der Waals surface area contributed by atoms with Crippen molar-refractivity contribution in [2.45, 2.75) is 40.3 Å². The van der Waals surface area contributed by atoms with E-state index < -0.39 is 17.9 Å². The lowest BCUT2D eigenvalue weighted by Gasteiger charge is -2.16. The molecule has 0 amide bonds. The molecule has 3 aromatic heterocycles. The lowest BCUT2D eigenvalue weighted by atomic mass is 9.98. The van der Waals surface area contributed by atoms with Crippen LogP contribution in [0.5, 0.6) is 0 Å². The van der Waals surface area contributed by atoms with Gasteiger partial charge in [-0.25, -0.2) is 0 Å². The monoisotopic (exact) mass is 486 g/mol. The highest BCUT2D eigenvalue weighted by Crippen LogP contribution is 2.40. The van der Waals surface area contributed by atoms with Crippen molar-refractivity contribution >= 4 is 28.7 Å². The summed E-state index contributed by atoms with van der Waals surface area (Å²) < 4.78 is 1.98. The van der Waals surface area contributed by atoms with Crippen LogP contribution in [-0.2, 0) is 11.3 Å². The first-order valence-electron chi connectivity index (χ1n) is 11.4. The van der Waals surface area contributed by atoms with Gasteiger partial charge < -0.3 is 10.4 Å². The summed E-state index contributed by atoms with van der Waals surface area (Å²) in [5, 5.41) is 22.9. The number of fused-ring (bicyclic) bond motifs is 3. The van der Waals surface area contributed by atoms with Gasteiger partial charge in [0.2, 0.25) is 0 Å². The number of pyridine rings is 1. The summed E-state index contributed by atoms with van der Waals surface area (Å²) >= 11 is 1.66. The third kappa shape index (κ3) is 4.12. The van der Waals surface area contributed by atoms with Crippen LogP contribution in [0.2, 0.25) is 0 Å². The average molecular weight is 487 g/mol. The van der Waals surface area contributed by atoms with E-state index in [9.17, 15) is 9.90 Å². The molecule has 0 fully saturated rings. The predicted molar refractivity (Wildman–Crippen MR) is 137 cm³/mol. The Hall–Kier alpha value is -3.85. The Labute approximate surface area is 207 Å². The topological polar surface area (TPSA) is 105 Å². The number of hydrogen-bond donors (Lipinski definition) is 2. The minimum Gasteiger partial charge on any atom is -0.481 e. The maximum Gasteiger partial charge on any atom is 0.308 e. The number of anilines is 1. The van der Waals surface area contributed by atoms with Crippen LogP contribution >= 0.6 is 11.3 Å². The average Bonchev–Trinajstić information content (AvgIpc) is 3.33. The van der Waals surface area contributed by atoms with Crippen LogP contribution in [0, 0.1) is 26.7 Å². The molecule has 8 nitrogen and oxygen atoms in total. The fraction of sp³-hybridized carbons (Fsp3) is 0.269. The highest BCUT2D eigenvalue weighted by Gasteiger charge is 2.36. The second kappa shape index (κ2) is 9.07. The highest BCUT2D eigenvalue weighted by molar-refractivity contribution is 7.15. The summed E-state index contributed by atoms with van der Waals surface area (Å²) in [6.45, 7) is 8.41. The molecule has 2 atom stereocenters. The minimum absolute atomic E-state index is 0.560. The van der Waals surface area contributed by atoms with Crippen LogP contribution < -0.4 is 5.32 Å². The Morgan fingerprint density at radius 1 is 1.17 bits per heavy atom. The largest absolute Gasteiger partial charge is 0.481 e. The molecule has 1 aliphatic rings. The second-order valence-electron chi connectivity index (χ2n) is 8.75. The third-order valence-electron chi connectivity index (χ3n) is 6.43. The molecule has 4 aromatic rings.